The van der Waals surface area contributed by atoms with Crippen LogP contribution in [-0.2, 0) is 9.53 Å². The zero-order chi connectivity index (χ0) is 23.8. The number of hydrogen-bond acceptors (Lipinski definition) is 7. The number of esters is 1. The zero-order valence-corrected chi connectivity index (χ0v) is 22.3. The highest BCUT2D eigenvalue weighted by atomic mass is 35.5. The molecule has 0 fully saturated rings. The number of ether oxygens (including phenoxy) is 1. The largest absolute Gasteiger partial charge is 0.520 e. The minimum atomic E-state index is -0.790. The summed E-state index contributed by atoms with van der Waals surface area (Å²) in [5.41, 5.74) is 11.1. The number of nitrogens with zero attached hydrogens (tertiary/aromatic N) is 1. The number of carbonyl (C=O) groups is 1. The van der Waals surface area contributed by atoms with Crippen molar-refractivity contribution < 1.29 is 18.4 Å². The first-order valence-corrected chi connectivity index (χ1v) is 10.7. The van der Waals surface area contributed by atoms with Crippen LogP contribution in [0.25, 0.3) is 5.57 Å². The Morgan fingerprint density at radius 3 is 2.15 bits per heavy atom. The third kappa shape index (κ3) is 5.77. The summed E-state index contributed by atoms with van der Waals surface area (Å²) in [7, 11) is 1.36. The maximum atomic E-state index is 13.1. The van der Waals surface area contributed by atoms with E-state index in [9.17, 15) is 9.59 Å². The monoisotopic (exact) mass is 512 g/mol. The Labute approximate surface area is 212 Å². The van der Waals surface area contributed by atoms with Gasteiger partial charge in [0, 0.05) is 17.8 Å². The fourth-order valence-corrected chi connectivity index (χ4v) is 4.23. The lowest BCUT2D eigenvalue weighted by Gasteiger charge is -2.41. The molecule has 2 aromatic rings. The van der Waals surface area contributed by atoms with Crippen molar-refractivity contribution in [2.45, 2.75) is 54.0 Å². The summed E-state index contributed by atoms with van der Waals surface area (Å²) in [6, 6.07) is 7.51. The molecule has 0 amide bonds. The van der Waals surface area contributed by atoms with Gasteiger partial charge in [-0.05, 0) is 43.7 Å². The molecule has 0 saturated heterocycles. The van der Waals surface area contributed by atoms with Gasteiger partial charge in [-0.25, -0.2) is 9.59 Å². The first-order valence-electron chi connectivity index (χ1n) is 10.7. The summed E-state index contributed by atoms with van der Waals surface area (Å²) in [5, 5.41) is 0. The van der Waals surface area contributed by atoms with Crippen LogP contribution in [0.4, 0.5) is 5.88 Å². The number of aryl methyl sites for hydroxylation is 2. The van der Waals surface area contributed by atoms with Crippen LogP contribution in [0.3, 0.4) is 0 Å². The lowest BCUT2D eigenvalue weighted by molar-refractivity contribution is -0.136. The van der Waals surface area contributed by atoms with Crippen molar-refractivity contribution in [2.75, 3.05) is 18.6 Å². The molecule has 0 spiro atoms. The van der Waals surface area contributed by atoms with Gasteiger partial charge in [0.1, 0.15) is 0 Å². The minimum absolute atomic E-state index is 0. The van der Waals surface area contributed by atoms with Gasteiger partial charge in [0.25, 0.3) is 0 Å². The van der Waals surface area contributed by atoms with Crippen molar-refractivity contribution in [3.63, 3.8) is 0 Å². The highest BCUT2D eigenvalue weighted by Crippen LogP contribution is 2.44. The predicted molar refractivity (Wildman–Crippen MR) is 139 cm³/mol. The molecule has 7 nitrogen and oxygen atoms in total. The molecule has 1 aliphatic rings. The molecule has 0 saturated carbocycles. The number of anilines is 1. The van der Waals surface area contributed by atoms with Crippen LogP contribution in [-0.4, -0.2) is 25.7 Å². The quantitative estimate of drug-likeness (QED) is 0.551. The topological polar surface area (TPSA) is 98.9 Å². The van der Waals surface area contributed by atoms with Gasteiger partial charge in [-0.15, -0.1) is 24.8 Å². The van der Waals surface area contributed by atoms with Crippen LogP contribution in [0.5, 0.6) is 0 Å². The summed E-state index contributed by atoms with van der Waals surface area (Å²) < 4.78 is 15.8. The third-order valence-corrected chi connectivity index (χ3v) is 5.60. The Kier molecular flexibility index (Phi) is 9.82. The Hall–Kier alpha value is -2.48. The number of halogens is 2. The van der Waals surface area contributed by atoms with Crippen molar-refractivity contribution in [2.24, 2.45) is 11.1 Å². The van der Waals surface area contributed by atoms with Crippen LogP contribution < -0.4 is 16.5 Å². The number of allylic oxidation sites excluding steroid dienone is 1. The van der Waals surface area contributed by atoms with Gasteiger partial charge in [0.15, 0.2) is 5.76 Å². The van der Waals surface area contributed by atoms with E-state index in [0.29, 0.717) is 17.8 Å². The SMILES string of the molecule is COC(=O)C1=C(c2ccc(C)cc2)C(CN)=C(CC(C)(C)C)N(c2oc(=O)oc2C)C1C.Cl.Cl. The van der Waals surface area contributed by atoms with Gasteiger partial charge in [-0.1, -0.05) is 50.6 Å². The summed E-state index contributed by atoms with van der Waals surface area (Å²) in [6.45, 7) is 12.1. The van der Waals surface area contributed by atoms with Gasteiger partial charge >= 0.3 is 11.8 Å². The number of methoxy groups -OCH3 is 1. The van der Waals surface area contributed by atoms with E-state index in [1.807, 2.05) is 43.0 Å². The predicted octanol–water partition coefficient (Wildman–Crippen LogP) is 5.18. The molecule has 1 atom stereocenters. The molecule has 188 valence electrons. The summed E-state index contributed by atoms with van der Waals surface area (Å²) in [6.07, 6.45) is 0.641. The molecule has 0 aliphatic carbocycles. The second-order valence-corrected chi connectivity index (χ2v) is 9.37. The summed E-state index contributed by atoms with van der Waals surface area (Å²) in [5.74, 6) is -0.631. The van der Waals surface area contributed by atoms with E-state index >= 15 is 0 Å². The molecular formula is C25H34Cl2N2O5. The fourth-order valence-electron chi connectivity index (χ4n) is 4.23. The molecule has 1 aliphatic heterocycles. The van der Waals surface area contributed by atoms with E-state index < -0.39 is 17.8 Å². The number of hydrogen-bond donors (Lipinski definition) is 1. The van der Waals surface area contributed by atoms with Crippen LogP contribution >= 0.6 is 24.8 Å². The van der Waals surface area contributed by atoms with E-state index in [1.54, 1.807) is 6.92 Å². The molecule has 3 rings (SSSR count). The van der Waals surface area contributed by atoms with Crippen molar-refractivity contribution in [1.29, 1.82) is 0 Å². The van der Waals surface area contributed by atoms with Gasteiger partial charge in [0.2, 0.25) is 5.88 Å². The fraction of sp³-hybridized carbons (Fsp3) is 0.440. The smallest absolute Gasteiger partial charge is 0.466 e. The lowest BCUT2D eigenvalue weighted by atomic mass is 9.80. The summed E-state index contributed by atoms with van der Waals surface area (Å²) in [4.78, 5) is 26.8. The number of benzene rings is 1. The number of rotatable bonds is 5. The maximum absolute atomic E-state index is 13.1. The Morgan fingerprint density at radius 1 is 1.12 bits per heavy atom. The van der Waals surface area contributed by atoms with Gasteiger partial charge in [0.05, 0.1) is 18.7 Å². The summed E-state index contributed by atoms with van der Waals surface area (Å²) >= 11 is 0. The molecule has 1 aromatic carbocycles. The molecule has 9 heteroatoms. The average Bonchev–Trinajstić information content (AvgIpc) is 3.04. The normalized spacial score (nSPS) is 16.2. The number of carbonyl (C=O) groups excluding carboxylic acids is 1. The van der Waals surface area contributed by atoms with E-state index in [0.717, 1.165) is 28.0 Å². The highest BCUT2D eigenvalue weighted by molar-refractivity contribution is 6.05. The molecule has 1 unspecified atom stereocenters. The van der Waals surface area contributed by atoms with Crippen LogP contribution in [0.2, 0.25) is 0 Å². The highest BCUT2D eigenvalue weighted by Gasteiger charge is 2.40. The Bertz CT molecular complexity index is 1140. The Balaban J connectivity index is 0.00000289. The van der Waals surface area contributed by atoms with Crippen molar-refractivity contribution in [3.8, 4) is 0 Å². The number of nitrogens with two attached hydrogens (primary N) is 1. The zero-order valence-electron chi connectivity index (χ0n) is 20.7. The van der Waals surface area contributed by atoms with Gasteiger partial charge < -0.3 is 24.2 Å². The standard InChI is InChI=1S/C25H32N2O5.2ClH/c1-14-8-10-17(11-9-14)21-18(13-26)19(12-25(4,5)6)27(15(2)20(21)23(28)30-7)22-16(3)31-24(29)32-22;;/h8-11,15H,12-13,26H2,1-7H3;2*1H. The molecule has 34 heavy (non-hydrogen) atoms. The molecule has 0 radical (unpaired) electrons. The minimum Gasteiger partial charge on any atom is -0.466 e. The van der Waals surface area contributed by atoms with E-state index in [2.05, 4.69) is 20.8 Å². The van der Waals surface area contributed by atoms with Gasteiger partial charge in [-0.3, -0.25) is 0 Å². The van der Waals surface area contributed by atoms with E-state index in [1.165, 1.54) is 7.11 Å². The second-order valence-electron chi connectivity index (χ2n) is 9.37. The van der Waals surface area contributed by atoms with Crippen LogP contribution in [0.1, 0.15) is 51.0 Å². The lowest BCUT2D eigenvalue weighted by Crippen LogP contribution is -2.43. The van der Waals surface area contributed by atoms with E-state index in [4.69, 9.17) is 19.3 Å². The van der Waals surface area contributed by atoms with Crippen molar-refractivity contribution in [3.05, 3.63) is 68.6 Å². The van der Waals surface area contributed by atoms with Crippen molar-refractivity contribution >= 4 is 42.2 Å². The van der Waals surface area contributed by atoms with Gasteiger partial charge in [-0.2, -0.15) is 0 Å². The second kappa shape index (κ2) is 11.3. The molecule has 0 bridgehead atoms. The van der Waals surface area contributed by atoms with Crippen molar-refractivity contribution in [1.82, 2.24) is 0 Å². The first-order chi connectivity index (χ1) is 15.0. The Morgan fingerprint density at radius 2 is 1.71 bits per heavy atom. The molecular weight excluding hydrogens is 479 g/mol. The molecule has 2 heterocycles. The van der Waals surface area contributed by atoms with E-state index in [-0.39, 0.29) is 42.7 Å². The average molecular weight is 513 g/mol. The maximum Gasteiger partial charge on any atom is 0.520 e. The first kappa shape index (κ1) is 29.6. The molecule has 1 aromatic heterocycles. The molecule has 2 N–H and O–H groups in total. The van der Waals surface area contributed by atoms with Crippen LogP contribution in [0.15, 0.2) is 54.7 Å². The third-order valence-electron chi connectivity index (χ3n) is 5.60. The van der Waals surface area contributed by atoms with Crippen LogP contribution in [0, 0.1) is 19.3 Å².